The molecule has 0 radical (unpaired) electrons. The van der Waals surface area contributed by atoms with Crippen LogP contribution in [0.4, 0.5) is 23.4 Å². The summed E-state index contributed by atoms with van der Waals surface area (Å²) in [5.41, 5.74) is 0.388. The van der Waals surface area contributed by atoms with Crippen molar-refractivity contribution in [1.82, 2.24) is 24.4 Å². The fourth-order valence-corrected chi connectivity index (χ4v) is 4.73. The van der Waals surface area contributed by atoms with Crippen molar-refractivity contribution < 1.29 is 22.4 Å². The molecule has 0 spiro atoms. The van der Waals surface area contributed by atoms with Gasteiger partial charge in [0.25, 0.3) is 5.91 Å². The molecule has 0 fully saturated rings. The summed E-state index contributed by atoms with van der Waals surface area (Å²) in [6, 6.07) is 20.4. The van der Waals surface area contributed by atoms with Gasteiger partial charge in [-0.2, -0.15) is 23.4 Å². The normalized spacial score (nSPS) is 11.9. The third-order valence-corrected chi connectivity index (χ3v) is 6.91. The number of nitrogens with zero attached hydrogens (tertiary/aromatic N) is 5. The number of nitrogens with one attached hydrogen (secondary N) is 1. The Morgan fingerprint density at radius 3 is 2.49 bits per heavy atom. The summed E-state index contributed by atoms with van der Waals surface area (Å²) in [7, 11) is 0. The van der Waals surface area contributed by atoms with Crippen molar-refractivity contribution in [2.75, 3.05) is 5.32 Å². The summed E-state index contributed by atoms with van der Waals surface area (Å²) in [5, 5.41) is 12.8. The Labute approximate surface area is 235 Å². The molecule has 1 amide bonds. The van der Waals surface area contributed by atoms with E-state index in [1.54, 1.807) is 29.8 Å². The molecule has 0 bridgehead atoms. The Kier molecular flexibility index (Phi) is 6.46. The van der Waals surface area contributed by atoms with Gasteiger partial charge >= 0.3 is 6.18 Å². The molecule has 6 rings (SSSR count). The van der Waals surface area contributed by atoms with E-state index in [9.17, 15) is 22.4 Å². The lowest BCUT2D eigenvalue weighted by Gasteiger charge is -2.11. The Bertz CT molecular complexity index is 1960. The minimum Gasteiger partial charge on any atom is -0.304 e. The number of amides is 1. The van der Waals surface area contributed by atoms with Gasteiger partial charge in [0, 0.05) is 28.4 Å². The first kappa shape index (κ1) is 26.5. The van der Waals surface area contributed by atoms with Crippen LogP contribution in [0.25, 0.3) is 27.7 Å². The number of alkyl halides is 3. The number of aromatic nitrogens is 5. The topological polar surface area (TPSA) is 77.1 Å². The van der Waals surface area contributed by atoms with Crippen LogP contribution in [-0.4, -0.2) is 30.3 Å². The van der Waals surface area contributed by atoms with E-state index >= 15 is 0 Å². The second-order valence-corrected chi connectivity index (χ2v) is 9.81. The lowest BCUT2D eigenvalue weighted by atomic mass is 10.0. The number of anilines is 1. The number of hydrogen-bond acceptors (Lipinski definition) is 4. The summed E-state index contributed by atoms with van der Waals surface area (Å²) in [4.78, 5) is 17.4. The zero-order valence-electron chi connectivity index (χ0n) is 21.2. The monoisotopic (exact) mass is 578 g/mol. The van der Waals surface area contributed by atoms with Gasteiger partial charge in [-0.15, -0.1) is 0 Å². The third-order valence-electron chi connectivity index (χ3n) is 6.55. The van der Waals surface area contributed by atoms with Gasteiger partial charge in [-0.25, -0.2) is 13.9 Å². The van der Waals surface area contributed by atoms with Crippen molar-refractivity contribution in [3.05, 3.63) is 112 Å². The molecule has 6 aromatic rings. The highest BCUT2D eigenvalue weighted by molar-refractivity contribution is 6.31. The molecule has 0 aliphatic rings. The number of hydrogen-bond donors (Lipinski definition) is 1. The molecular weight excluding hydrogens is 560 g/mol. The van der Waals surface area contributed by atoms with E-state index in [4.69, 9.17) is 11.6 Å². The highest BCUT2D eigenvalue weighted by atomic mass is 35.5. The molecule has 0 saturated heterocycles. The number of aryl methyl sites for hydroxylation is 1. The number of carbonyl (C=O) groups excluding carboxylic acids is 1. The van der Waals surface area contributed by atoms with Crippen molar-refractivity contribution in [2.45, 2.75) is 19.6 Å². The summed E-state index contributed by atoms with van der Waals surface area (Å²) in [5.74, 6) is -1.08. The maximum Gasteiger partial charge on any atom is 0.433 e. The van der Waals surface area contributed by atoms with Gasteiger partial charge in [0.2, 0.25) is 0 Å². The van der Waals surface area contributed by atoms with Gasteiger partial charge in [-0.05, 0) is 47.5 Å². The van der Waals surface area contributed by atoms with E-state index in [0.717, 1.165) is 16.8 Å². The average Bonchev–Trinajstić information content (AvgIpc) is 3.51. The van der Waals surface area contributed by atoms with Gasteiger partial charge in [0.15, 0.2) is 22.9 Å². The van der Waals surface area contributed by atoms with E-state index in [0.29, 0.717) is 21.3 Å². The quantitative estimate of drug-likeness (QED) is 0.220. The summed E-state index contributed by atoms with van der Waals surface area (Å²) < 4.78 is 57.7. The standard InChI is InChI=1S/C29H19ClF4N6O/c1-16-10-26(38-39(16)15-20-8-9-21(31)12-22(20)30)36-28(41)24-14-27-35-23(13-25(29(32,33)34)40(27)37-24)19-7-6-17-4-2-3-5-18(17)11-19/h2-14H,15H2,1H3,(H,36,38,41). The van der Waals surface area contributed by atoms with Crippen molar-refractivity contribution in [3.63, 3.8) is 0 Å². The summed E-state index contributed by atoms with van der Waals surface area (Å²) in [6.07, 6.45) is -4.76. The lowest BCUT2D eigenvalue weighted by Crippen LogP contribution is -2.16. The van der Waals surface area contributed by atoms with Crippen LogP contribution in [0.2, 0.25) is 5.02 Å². The minimum atomic E-state index is -4.76. The zero-order chi connectivity index (χ0) is 28.9. The van der Waals surface area contributed by atoms with E-state index in [-0.39, 0.29) is 34.4 Å². The molecule has 1 N–H and O–H groups in total. The van der Waals surface area contributed by atoms with Crippen LogP contribution < -0.4 is 5.32 Å². The minimum absolute atomic E-state index is 0.0938. The van der Waals surface area contributed by atoms with Gasteiger partial charge in [0.1, 0.15) is 5.82 Å². The fraction of sp³-hybridized carbons (Fsp3) is 0.103. The molecule has 0 aliphatic heterocycles. The van der Waals surface area contributed by atoms with E-state index in [1.807, 2.05) is 30.3 Å². The number of rotatable bonds is 5. The molecule has 0 saturated carbocycles. The van der Waals surface area contributed by atoms with Crippen molar-refractivity contribution in [3.8, 4) is 11.3 Å². The molecule has 7 nitrogen and oxygen atoms in total. The molecule has 0 atom stereocenters. The van der Waals surface area contributed by atoms with Gasteiger partial charge in [0.05, 0.1) is 12.2 Å². The van der Waals surface area contributed by atoms with Crippen LogP contribution in [0.5, 0.6) is 0 Å². The highest BCUT2D eigenvalue weighted by Gasteiger charge is 2.35. The summed E-state index contributed by atoms with van der Waals surface area (Å²) >= 11 is 6.11. The first-order valence-corrected chi connectivity index (χ1v) is 12.7. The number of carbonyl (C=O) groups is 1. The molecular formula is C29H19ClF4N6O. The van der Waals surface area contributed by atoms with Gasteiger partial charge in [-0.1, -0.05) is 54.1 Å². The second-order valence-electron chi connectivity index (χ2n) is 9.40. The van der Waals surface area contributed by atoms with Crippen LogP contribution in [0.3, 0.4) is 0 Å². The smallest absolute Gasteiger partial charge is 0.304 e. The Morgan fingerprint density at radius 1 is 0.951 bits per heavy atom. The molecule has 3 heterocycles. The van der Waals surface area contributed by atoms with Gasteiger partial charge < -0.3 is 5.32 Å². The first-order chi connectivity index (χ1) is 19.5. The van der Waals surface area contributed by atoms with Crippen LogP contribution in [0.1, 0.15) is 27.4 Å². The number of benzene rings is 3. The largest absolute Gasteiger partial charge is 0.433 e. The zero-order valence-corrected chi connectivity index (χ0v) is 22.0. The molecule has 12 heteroatoms. The van der Waals surface area contributed by atoms with Crippen molar-refractivity contribution in [1.29, 1.82) is 0 Å². The molecule has 3 aromatic heterocycles. The number of fused-ring (bicyclic) bond motifs is 2. The first-order valence-electron chi connectivity index (χ1n) is 12.3. The molecule has 206 valence electrons. The molecule has 3 aromatic carbocycles. The van der Waals surface area contributed by atoms with E-state index in [2.05, 4.69) is 20.5 Å². The molecule has 0 unspecified atom stereocenters. The predicted molar refractivity (Wildman–Crippen MR) is 146 cm³/mol. The van der Waals surface area contributed by atoms with Crippen LogP contribution >= 0.6 is 11.6 Å². The fourth-order valence-electron chi connectivity index (χ4n) is 4.51. The number of halogens is 5. The van der Waals surface area contributed by atoms with Crippen LogP contribution in [-0.2, 0) is 12.7 Å². The SMILES string of the molecule is Cc1cc(NC(=O)c2cc3nc(-c4ccc5ccccc5c4)cc(C(F)(F)F)n3n2)nn1Cc1ccc(F)cc1Cl. The Hall–Kier alpha value is -4.77. The molecule has 0 aliphatic carbocycles. The maximum absolute atomic E-state index is 14.1. The maximum atomic E-state index is 14.1. The van der Waals surface area contributed by atoms with Crippen molar-refractivity contribution >= 4 is 39.7 Å². The van der Waals surface area contributed by atoms with E-state index in [1.165, 1.54) is 24.3 Å². The van der Waals surface area contributed by atoms with Crippen LogP contribution in [0, 0.1) is 12.7 Å². The molecule has 41 heavy (non-hydrogen) atoms. The average molecular weight is 579 g/mol. The van der Waals surface area contributed by atoms with Crippen LogP contribution in [0.15, 0.2) is 78.9 Å². The lowest BCUT2D eigenvalue weighted by molar-refractivity contribution is -0.142. The highest BCUT2D eigenvalue weighted by Crippen LogP contribution is 2.33. The Morgan fingerprint density at radius 2 is 1.73 bits per heavy atom. The third kappa shape index (κ3) is 5.23. The van der Waals surface area contributed by atoms with E-state index < -0.39 is 23.6 Å². The second kappa shape index (κ2) is 10.0. The summed E-state index contributed by atoms with van der Waals surface area (Å²) in [6.45, 7) is 1.96. The predicted octanol–water partition coefficient (Wildman–Crippen LogP) is 7.17. The van der Waals surface area contributed by atoms with Gasteiger partial charge in [-0.3, -0.25) is 9.48 Å². The van der Waals surface area contributed by atoms with Crippen molar-refractivity contribution in [2.24, 2.45) is 0 Å². The Balaban J connectivity index is 1.31.